The molecule has 0 aliphatic carbocycles. The van der Waals surface area contributed by atoms with Gasteiger partial charge in [-0.25, -0.2) is 23.1 Å². The van der Waals surface area contributed by atoms with E-state index in [0.29, 0.717) is 18.5 Å². The van der Waals surface area contributed by atoms with Crippen LogP contribution < -0.4 is 10.9 Å². The Balaban J connectivity index is 1.73. The highest BCUT2D eigenvalue weighted by Crippen LogP contribution is 2.32. The van der Waals surface area contributed by atoms with Crippen molar-refractivity contribution in [1.29, 1.82) is 0 Å². The van der Waals surface area contributed by atoms with E-state index in [2.05, 4.69) is 15.3 Å². The summed E-state index contributed by atoms with van der Waals surface area (Å²) in [6.07, 6.45) is -1.70. The van der Waals surface area contributed by atoms with E-state index in [1.807, 2.05) is 13.8 Å². The van der Waals surface area contributed by atoms with Crippen LogP contribution in [0.2, 0.25) is 0 Å². The second-order valence-electron chi connectivity index (χ2n) is 9.12. The molecular weight excluding hydrogens is 435 g/mol. The first-order chi connectivity index (χ1) is 15.5. The minimum atomic E-state index is -2.94. The number of nitrogens with zero attached hydrogens (tertiary/aromatic N) is 4. The molecule has 0 saturated carbocycles. The fourth-order valence-corrected chi connectivity index (χ4v) is 4.19. The van der Waals surface area contributed by atoms with Crippen molar-refractivity contribution in [3.63, 3.8) is 0 Å². The Bertz CT molecular complexity index is 1300. The van der Waals surface area contributed by atoms with Gasteiger partial charge in [-0.3, -0.25) is 14.2 Å². The van der Waals surface area contributed by atoms with E-state index in [9.17, 15) is 22.8 Å². The predicted octanol–water partition coefficient (Wildman–Crippen LogP) is 4.06. The number of fused-ring (bicyclic) bond motifs is 1. The van der Waals surface area contributed by atoms with Gasteiger partial charge in [-0.1, -0.05) is 32.0 Å². The van der Waals surface area contributed by atoms with Crippen LogP contribution in [0, 0.1) is 11.2 Å². The number of carbonyl (C=O) groups excluding carboxylic acids is 1. The third kappa shape index (κ3) is 4.05. The minimum Gasteiger partial charge on any atom is -0.363 e. The molecule has 0 unspecified atom stereocenters. The number of hydrogen-bond donors (Lipinski definition) is 1. The molecule has 1 aliphatic heterocycles. The number of halogens is 3. The van der Waals surface area contributed by atoms with E-state index in [1.165, 1.54) is 36.1 Å². The predicted molar refractivity (Wildman–Crippen MR) is 118 cm³/mol. The maximum absolute atomic E-state index is 14.6. The number of carbonyl (C=O) groups is 1. The third-order valence-electron chi connectivity index (χ3n) is 5.87. The van der Waals surface area contributed by atoms with Gasteiger partial charge in [-0.05, 0) is 18.4 Å². The molecule has 174 valence electrons. The maximum atomic E-state index is 14.6. The summed E-state index contributed by atoms with van der Waals surface area (Å²) in [4.78, 5) is 35.8. The largest absolute Gasteiger partial charge is 0.363 e. The van der Waals surface area contributed by atoms with E-state index >= 15 is 0 Å². The van der Waals surface area contributed by atoms with Gasteiger partial charge in [0.25, 0.3) is 17.9 Å². The number of pyridine rings is 1. The summed E-state index contributed by atoms with van der Waals surface area (Å²) in [5.41, 5.74) is -0.848. The van der Waals surface area contributed by atoms with Crippen molar-refractivity contribution in [3.05, 3.63) is 63.5 Å². The van der Waals surface area contributed by atoms with Gasteiger partial charge in [0.15, 0.2) is 0 Å². The van der Waals surface area contributed by atoms with Gasteiger partial charge in [0.05, 0.1) is 17.0 Å². The molecule has 2 aromatic heterocycles. The fourth-order valence-electron chi connectivity index (χ4n) is 4.19. The van der Waals surface area contributed by atoms with Gasteiger partial charge < -0.3 is 10.2 Å². The number of aryl methyl sites for hydroxylation is 1. The number of hydrogen-bond acceptors (Lipinski definition) is 5. The quantitative estimate of drug-likeness (QED) is 0.623. The summed E-state index contributed by atoms with van der Waals surface area (Å²) in [5.74, 6) is -1.12. The molecule has 1 N–H and O–H groups in total. The molecule has 1 aromatic carbocycles. The molecule has 1 fully saturated rings. The average Bonchev–Trinajstić information content (AvgIpc) is 2.74. The number of benzene rings is 1. The van der Waals surface area contributed by atoms with Crippen molar-refractivity contribution < 1.29 is 18.0 Å². The Morgan fingerprint density at radius 2 is 1.85 bits per heavy atom. The van der Waals surface area contributed by atoms with Gasteiger partial charge in [-0.2, -0.15) is 0 Å². The zero-order chi connectivity index (χ0) is 24.1. The van der Waals surface area contributed by atoms with Crippen LogP contribution >= 0.6 is 0 Å². The van der Waals surface area contributed by atoms with Gasteiger partial charge in [0, 0.05) is 25.7 Å². The van der Waals surface area contributed by atoms with Crippen LogP contribution in [-0.4, -0.2) is 38.4 Å². The molecule has 4 rings (SSSR count). The lowest BCUT2D eigenvalue weighted by atomic mass is 9.84. The number of amides is 1. The van der Waals surface area contributed by atoms with Crippen LogP contribution in [-0.2, 0) is 7.05 Å². The highest BCUT2D eigenvalue weighted by molar-refractivity contribution is 5.99. The minimum absolute atomic E-state index is 0.000160. The molecule has 0 radical (unpaired) electrons. The van der Waals surface area contributed by atoms with Crippen molar-refractivity contribution >= 4 is 22.8 Å². The Morgan fingerprint density at radius 3 is 2.48 bits per heavy atom. The number of aromatic nitrogens is 3. The highest BCUT2D eigenvalue weighted by Gasteiger charge is 2.38. The van der Waals surface area contributed by atoms with Gasteiger partial charge in [0.1, 0.15) is 29.2 Å². The highest BCUT2D eigenvalue weighted by atomic mass is 19.3. The number of alkyl halides is 2. The summed E-state index contributed by atoms with van der Waals surface area (Å²) in [7, 11) is 1.51. The second kappa shape index (κ2) is 8.17. The van der Waals surface area contributed by atoms with Crippen LogP contribution in [0.4, 0.5) is 19.0 Å². The lowest BCUT2D eigenvalue weighted by Gasteiger charge is -2.45. The maximum Gasteiger partial charge on any atom is 0.266 e. The molecule has 7 nitrogen and oxygen atoms in total. The molecule has 0 spiro atoms. The van der Waals surface area contributed by atoms with Crippen LogP contribution in [0.1, 0.15) is 54.7 Å². The standard InChI is InChI=1S/C23H24F3N5O2/c1-12(13-6-5-7-14(17(13)24)18(25)26)29-19-15-8-16(22(33)31-9-23(2,3)10-31)21(32)30(4)20(15)28-11-27-19/h5-8,11-12,18H,9-10H2,1-4H3,(H,27,28,29)/t12-/m1/s1. The second-order valence-corrected chi connectivity index (χ2v) is 9.12. The molecule has 1 atom stereocenters. The van der Waals surface area contributed by atoms with Crippen molar-refractivity contribution in [2.45, 2.75) is 33.2 Å². The number of anilines is 1. The monoisotopic (exact) mass is 459 g/mol. The van der Waals surface area contributed by atoms with Crippen molar-refractivity contribution in [3.8, 4) is 0 Å². The smallest absolute Gasteiger partial charge is 0.266 e. The number of likely N-dealkylation sites (tertiary alicyclic amines) is 1. The Labute approximate surface area is 188 Å². The van der Waals surface area contributed by atoms with Crippen LogP contribution in [0.3, 0.4) is 0 Å². The summed E-state index contributed by atoms with van der Waals surface area (Å²) >= 11 is 0. The first-order valence-corrected chi connectivity index (χ1v) is 10.5. The molecule has 3 heterocycles. The molecule has 1 saturated heterocycles. The summed E-state index contributed by atoms with van der Waals surface area (Å²) in [6, 6.07) is 4.53. The van der Waals surface area contributed by atoms with Crippen LogP contribution in [0.25, 0.3) is 11.0 Å². The Kier molecular flexibility index (Phi) is 5.63. The van der Waals surface area contributed by atoms with E-state index in [-0.39, 0.29) is 33.9 Å². The third-order valence-corrected chi connectivity index (χ3v) is 5.87. The molecule has 33 heavy (non-hydrogen) atoms. The molecule has 1 amide bonds. The summed E-state index contributed by atoms with van der Waals surface area (Å²) in [6.45, 7) is 6.77. The fraction of sp³-hybridized carbons (Fsp3) is 0.391. The van der Waals surface area contributed by atoms with E-state index in [1.54, 1.807) is 11.8 Å². The van der Waals surface area contributed by atoms with Gasteiger partial charge in [0.2, 0.25) is 0 Å². The molecule has 1 aliphatic rings. The molecule has 3 aromatic rings. The zero-order valence-electron chi connectivity index (χ0n) is 18.7. The molecule has 0 bridgehead atoms. The van der Waals surface area contributed by atoms with Crippen molar-refractivity contribution in [2.75, 3.05) is 18.4 Å². The Morgan fingerprint density at radius 1 is 1.18 bits per heavy atom. The zero-order valence-corrected chi connectivity index (χ0v) is 18.7. The first kappa shape index (κ1) is 22.8. The SMILES string of the molecule is C[C@@H](Nc1ncnc2c1cc(C(=O)N1CC(C)(C)C1)c(=O)n2C)c1cccc(C(F)F)c1F. The lowest BCUT2D eigenvalue weighted by Crippen LogP contribution is -2.56. The van der Waals surface area contributed by atoms with Crippen molar-refractivity contribution in [1.82, 2.24) is 19.4 Å². The van der Waals surface area contributed by atoms with Gasteiger partial charge >= 0.3 is 0 Å². The van der Waals surface area contributed by atoms with E-state index in [0.717, 1.165) is 6.07 Å². The molecular formula is C23H24F3N5O2. The average molecular weight is 459 g/mol. The van der Waals surface area contributed by atoms with Crippen molar-refractivity contribution in [2.24, 2.45) is 12.5 Å². The van der Waals surface area contributed by atoms with E-state index < -0.39 is 29.4 Å². The summed E-state index contributed by atoms with van der Waals surface area (Å²) in [5, 5.41) is 3.40. The van der Waals surface area contributed by atoms with Crippen LogP contribution in [0.15, 0.2) is 35.4 Å². The Hall–Kier alpha value is -3.43. The van der Waals surface area contributed by atoms with E-state index in [4.69, 9.17) is 0 Å². The van der Waals surface area contributed by atoms with Gasteiger partial charge in [-0.15, -0.1) is 0 Å². The number of nitrogens with one attached hydrogen (secondary N) is 1. The summed E-state index contributed by atoms with van der Waals surface area (Å²) < 4.78 is 42.1. The first-order valence-electron chi connectivity index (χ1n) is 10.5. The topological polar surface area (TPSA) is 80.1 Å². The number of rotatable bonds is 5. The van der Waals surface area contributed by atoms with Crippen LogP contribution in [0.5, 0.6) is 0 Å². The normalized spacial score (nSPS) is 16.1. The molecule has 10 heteroatoms. The lowest BCUT2D eigenvalue weighted by molar-refractivity contribution is 0.0234.